The predicted molar refractivity (Wildman–Crippen MR) is 117 cm³/mol. The highest BCUT2D eigenvalue weighted by molar-refractivity contribution is 7.09. The molecule has 0 saturated carbocycles. The van der Waals surface area contributed by atoms with Gasteiger partial charge in [0.15, 0.2) is 5.96 Å². The maximum absolute atomic E-state index is 12.5. The number of nitrogens with zero attached hydrogens (tertiary/aromatic N) is 2. The summed E-state index contributed by atoms with van der Waals surface area (Å²) < 4.78 is 0. The molecule has 3 rings (SSSR count). The number of fused-ring (bicyclic) bond motifs is 1. The highest BCUT2D eigenvalue weighted by Crippen LogP contribution is 2.19. The van der Waals surface area contributed by atoms with Gasteiger partial charge in [-0.1, -0.05) is 30.3 Å². The predicted octanol–water partition coefficient (Wildman–Crippen LogP) is 3.21. The zero-order valence-corrected chi connectivity index (χ0v) is 17.4. The summed E-state index contributed by atoms with van der Waals surface area (Å²) in [5.41, 5.74) is 2.66. The van der Waals surface area contributed by atoms with Crippen LogP contribution in [0, 0.1) is 0 Å². The maximum Gasteiger partial charge on any atom is 0.222 e. The van der Waals surface area contributed by atoms with Gasteiger partial charge in [0.25, 0.3) is 0 Å². The zero-order valence-electron chi connectivity index (χ0n) is 16.6. The van der Waals surface area contributed by atoms with E-state index < -0.39 is 0 Å². The van der Waals surface area contributed by atoms with Crippen molar-refractivity contribution >= 4 is 23.2 Å². The molecule has 28 heavy (non-hydrogen) atoms. The lowest BCUT2D eigenvalue weighted by molar-refractivity contribution is -0.132. The van der Waals surface area contributed by atoms with E-state index in [1.54, 1.807) is 11.3 Å². The molecule has 150 valence electrons. The highest BCUT2D eigenvalue weighted by atomic mass is 32.1. The number of nitrogens with one attached hydrogen (secondary N) is 2. The molecule has 2 aromatic rings. The van der Waals surface area contributed by atoms with Crippen LogP contribution in [0.4, 0.5) is 0 Å². The number of rotatable bonds is 8. The molecule has 0 aliphatic carbocycles. The van der Waals surface area contributed by atoms with Crippen molar-refractivity contribution in [2.75, 3.05) is 26.2 Å². The molecule has 5 nitrogen and oxygen atoms in total. The Morgan fingerprint density at radius 3 is 2.82 bits per heavy atom. The average molecular weight is 399 g/mol. The average Bonchev–Trinajstić information content (AvgIpc) is 3.24. The Labute approximate surface area is 171 Å². The van der Waals surface area contributed by atoms with Crippen LogP contribution in [0.1, 0.15) is 35.8 Å². The third-order valence-corrected chi connectivity index (χ3v) is 5.83. The third-order valence-electron chi connectivity index (χ3n) is 4.89. The first-order chi connectivity index (χ1) is 13.8. The van der Waals surface area contributed by atoms with Crippen molar-refractivity contribution in [3.05, 3.63) is 57.8 Å². The van der Waals surface area contributed by atoms with Crippen molar-refractivity contribution in [3.8, 4) is 0 Å². The molecule has 2 heterocycles. The second-order valence-electron chi connectivity index (χ2n) is 6.95. The normalized spacial score (nSPS) is 13.9. The molecule has 0 unspecified atom stereocenters. The van der Waals surface area contributed by atoms with Gasteiger partial charge in [-0.2, -0.15) is 0 Å². The van der Waals surface area contributed by atoms with Crippen LogP contribution >= 0.6 is 11.3 Å². The summed E-state index contributed by atoms with van der Waals surface area (Å²) in [5.74, 6) is 1.07. The molecule has 1 aromatic carbocycles. The van der Waals surface area contributed by atoms with Gasteiger partial charge in [0, 0.05) is 44.0 Å². The first kappa shape index (κ1) is 20.4. The van der Waals surface area contributed by atoms with Gasteiger partial charge >= 0.3 is 0 Å². The molecule has 0 radical (unpaired) electrons. The van der Waals surface area contributed by atoms with Crippen LogP contribution in [0.25, 0.3) is 0 Å². The second-order valence-corrected chi connectivity index (χ2v) is 7.99. The number of guanidine groups is 1. The standard InChI is InChI=1S/C22H30N4OS/c1-2-23-22(25-14-11-20-9-6-16-28-20)24-13-5-10-21(27)26-15-12-18-7-3-4-8-19(18)17-26/h3-4,6-9,16H,2,5,10-15,17H2,1H3,(H2,23,24,25). The van der Waals surface area contributed by atoms with E-state index in [0.29, 0.717) is 13.0 Å². The summed E-state index contributed by atoms with van der Waals surface area (Å²) in [4.78, 5) is 20.5. The fourth-order valence-electron chi connectivity index (χ4n) is 3.39. The molecule has 0 spiro atoms. The van der Waals surface area contributed by atoms with Crippen LogP contribution in [0.5, 0.6) is 0 Å². The molecule has 1 aliphatic rings. The first-order valence-electron chi connectivity index (χ1n) is 10.2. The van der Waals surface area contributed by atoms with Gasteiger partial charge in [0.2, 0.25) is 5.91 Å². The van der Waals surface area contributed by atoms with E-state index in [-0.39, 0.29) is 5.91 Å². The van der Waals surface area contributed by atoms with E-state index in [0.717, 1.165) is 51.4 Å². The lowest BCUT2D eigenvalue weighted by Crippen LogP contribution is -2.38. The number of hydrogen-bond acceptors (Lipinski definition) is 3. The molecule has 0 fully saturated rings. The van der Waals surface area contributed by atoms with Gasteiger partial charge in [0.05, 0.1) is 0 Å². The van der Waals surface area contributed by atoms with Gasteiger partial charge in [-0.3, -0.25) is 9.79 Å². The Balaban J connectivity index is 1.39. The van der Waals surface area contributed by atoms with E-state index in [1.165, 1.54) is 16.0 Å². The number of carbonyl (C=O) groups excluding carboxylic acids is 1. The smallest absolute Gasteiger partial charge is 0.222 e. The molecule has 1 aliphatic heterocycles. The number of aliphatic imine (C=N–C) groups is 1. The minimum Gasteiger partial charge on any atom is -0.357 e. The molecule has 0 atom stereocenters. The van der Waals surface area contributed by atoms with Gasteiger partial charge in [-0.15, -0.1) is 11.3 Å². The fraction of sp³-hybridized carbons (Fsp3) is 0.455. The van der Waals surface area contributed by atoms with Gasteiger partial charge in [-0.25, -0.2) is 0 Å². The summed E-state index contributed by atoms with van der Waals surface area (Å²) in [6, 6.07) is 12.7. The van der Waals surface area contributed by atoms with Crippen LogP contribution in [0.3, 0.4) is 0 Å². The quantitative estimate of drug-likeness (QED) is 0.408. The fourth-order valence-corrected chi connectivity index (χ4v) is 4.10. The number of benzene rings is 1. The minimum absolute atomic E-state index is 0.236. The Hall–Kier alpha value is -2.34. The molecule has 1 amide bonds. The molecule has 2 N–H and O–H groups in total. The summed E-state index contributed by atoms with van der Waals surface area (Å²) in [6.07, 6.45) is 3.29. The molecular weight excluding hydrogens is 368 g/mol. The SMILES string of the molecule is CCNC(=NCCCC(=O)N1CCc2ccccc2C1)NCCc1cccs1. The van der Waals surface area contributed by atoms with Crippen molar-refractivity contribution in [2.24, 2.45) is 4.99 Å². The Morgan fingerprint density at radius 2 is 2.04 bits per heavy atom. The largest absolute Gasteiger partial charge is 0.357 e. The van der Waals surface area contributed by atoms with E-state index in [4.69, 9.17) is 0 Å². The lowest BCUT2D eigenvalue weighted by Gasteiger charge is -2.28. The minimum atomic E-state index is 0.236. The number of thiophene rings is 1. The first-order valence-corrected chi connectivity index (χ1v) is 11.0. The van der Waals surface area contributed by atoms with Crippen molar-refractivity contribution in [1.82, 2.24) is 15.5 Å². The lowest BCUT2D eigenvalue weighted by atomic mass is 9.99. The zero-order chi connectivity index (χ0) is 19.6. The second kappa shape index (κ2) is 10.9. The van der Waals surface area contributed by atoms with E-state index in [1.807, 2.05) is 4.90 Å². The van der Waals surface area contributed by atoms with Crippen LogP contribution in [-0.2, 0) is 24.2 Å². The van der Waals surface area contributed by atoms with Crippen molar-refractivity contribution in [1.29, 1.82) is 0 Å². The summed E-state index contributed by atoms with van der Waals surface area (Å²) in [6.45, 7) is 5.98. The molecule has 1 aromatic heterocycles. The van der Waals surface area contributed by atoms with E-state index in [2.05, 4.69) is 64.3 Å². The monoisotopic (exact) mass is 398 g/mol. The van der Waals surface area contributed by atoms with E-state index >= 15 is 0 Å². The molecule has 0 saturated heterocycles. The van der Waals surface area contributed by atoms with Gasteiger partial charge in [-0.05, 0) is 48.8 Å². The third kappa shape index (κ3) is 6.09. The number of hydrogen-bond donors (Lipinski definition) is 2. The van der Waals surface area contributed by atoms with Crippen LogP contribution < -0.4 is 10.6 Å². The highest BCUT2D eigenvalue weighted by Gasteiger charge is 2.19. The summed E-state index contributed by atoms with van der Waals surface area (Å²) >= 11 is 1.78. The number of carbonyl (C=O) groups is 1. The Bertz CT molecular complexity index is 773. The Morgan fingerprint density at radius 1 is 1.18 bits per heavy atom. The summed E-state index contributed by atoms with van der Waals surface area (Å²) in [7, 11) is 0. The molecule has 0 bridgehead atoms. The number of amides is 1. The maximum atomic E-state index is 12.5. The topological polar surface area (TPSA) is 56.7 Å². The van der Waals surface area contributed by atoms with Crippen LogP contribution in [0.15, 0.2) is 46.8 Å². The van der Waals surface area contributed by atoms with Crippen LogP contribution in [0.2, 0.25) is 0 Å². The van der Waals surface area contributed by atoms with Gasteiger partial charge in [0.1, 0.15) is 0 Å². The molecular formula is C22H30N4OS. The van der Waals surface area contributed by atoms with E-state index in [9.17, 15) is 4.79 Å². The van der Waals surface area contributed by atoms with Crippen molar-refractivity contribution < 1.29 is 4.79 Å². The molecule has 6 heteroatoms. The Kier molecular flexibility index (Phi) is 7.91. The van der Waals surface area contributed by atoms with Crippen molar-refractivity contribution in [2.45, 2.75) is 39.2 Å². The van der Waals surface area contributed by atoms with Crippen LogP contribution in [-0.4, -0.2) is 42.9 Å². The van der Waals surface area contributed by atoms with Gasteiger partial charge < -0.3 is 15.5 Å². The summed E-state index contributed by atoms with van der Waals surface area (Å²) in [5, 5.41) is 8.75. The van der Waals surface area contributed by atoms with Crippen molar-refractivity contribution in [3.63, 3.8) is 0 Å².